The van der Waals surface area contributed by atoms with Crippen molar-refractivity contribution in [1.82, 2.24) is 10.2 Å². The van der Waals surface area contributed by atoms with E-state index in [1.165, 1.54) is 0 Å². The van der Waals surface area contributed by atoms with Gasteiger partial charge < -0.3 is 0 Å². The van der Waals surface area contributed by atoms with E-state index in [1.807, 2.05) is 6.07 Å². The average molecular weight is 122 g/mol. The molecule has 3 heteroatoms. The molecule has 0 unspecified atom stereocenters. The largest absolute Gasteiger partial charge is 0.285 e. The second-order valence-electron chi connectivity index (χ2n) is 1.62. The standard InChI is InChI=1S/C6H8N3/c1-7-4-2-6-3-5-8-9-6/h3,5H,2H2,1H3,(H,8,9)/q+1. The summed E-state index contributed by atoms with van der Waals surface area (Å²) in [4.78, 5) is 3.71. The highest BCUT2D eigenvalue weighted by Gasteiger charge is 1.92. The zero-order valence-corrected chi connectivity index (χ0v) is 5.26. The molecule has 9 heavy (non-hydrogen) atoms. The highest BCUT2D eigenvalue weighted by atomic mass is 15.1. The maximum Gasteiger partial charge on any atom is 0.279 e. The van der Waals surface area contributed by atoms with Gasteiger partial charge in [0.25, 0.3) is 13.1 Å². The molecule has 0 amide bonds. The van der Waals surface area contributed by atoms with Gasteiger partial charge in [-0.1, -0.05) is 4.85 Å². The van der Waals surface area contributed by atoms with Crippen LogP contribution in [0, 0.1) is 6.07 Å². The van der Waals surface area contributed by atoms with Crippen molar-refractivity contribution in [1.29, 1.82) is 0 Å². The van der Waals surface area contributed by atoms with Crippen LogP contribution in [-0.2, 0) is 6.42 Å². The molecule has 0 fully saturated rings. The van der Waals surface area contributed by atoms with Crippen molar-refractivity contribution in [3.05, 3.63) is 22.8 Å². The summed E-state index contributed by atoms with van der Waals surface area (Å²) >= 11 is 0. The van der Waals surface area contributed by atoms with Crippen molar-refractivity contribution < 1.29 is 0 Å². The number of aromatic amines is 1. The van der Waals surface area contributed by atoms with Gasteiger partial charge >= 0.3 is 0 Å². The molecule has 0 atom stereocenters. The molecule has 1 aromatic rings. The van der Waals surface area contributed by atoms with Gasteiger partial charge in [-0.25, -0.2) is 0 Å². The Kier molecular flexibility index (Phi) is 1.86. The van der Waals surface area contributed by atoms with Crippen LogP contribution in [0.2, 0.25) is 0 Å². The van der Waals surface area contributed by atoms with Gasteiger partial charge in [-0.2, -0.15) is 5.10 Å². The summed E-state index contributed by atoms with van der Waals surface area (Å²) in [6, 6.07) is 4.69. The fourth-order valence-electron chi connectivity index (χ4n) is 0.549. The topological polar surface area (TPSA) is 33.0 Å². The third kappa shape index (κ3) is 1.57. The molecule has 0 bridgehead atoms. The Morgan fingerprint density at radius 3 is 3.33 bits per heavy atom. The number of hydrogen-bond acceptors (Lipinski definition) is 1. The number of hydrogen-bond donors (Lipinski definition) is 1. The van der Waals surface area contributed by atoms with Crippen molar-refractivity contribution >= 4 is 0 Å². The number of rotatable bonds is 1. The maximum atomic E-state index is 3.91. The molecule has 0 radical (unpaired) electrons. The van der Waals surface area contributed by atoms with Crippen LogP contribution in [-0.4, -0.2) is 17.2 Å². The second kappa shape index (κ2) is 2.88. The maximum absolute atomic E-state index is 3.91. The zero-order chi connectivity index (χ0) is 6.53. The van der Waals surface area contributed by atoms with Crippen LogP contribution in [0.25, 0.3) is 4.85 Å². The first-order valence-electron chi connectivity index (χ1n) is 2.74. The van der Waals surface area contributed by atoms with Gasteiger partial charge in [0.15, 0.2) is 0 Å². The van der Waals surface area contributed by atoms with Crippen LogP contribution in [0.5, 0.6) is 0 Å². The summed E-state index contributed by atoms with van der Waals surface area (Å²) in [5.74, 6) is 0. The van der Waals surface area contributed by atoms with E-state index in [-0.39, 0.29) is 0 Å². The summed E-state index contributed by atoms with van der Waals surface area (Å²) in [5.41, 5.74) is 0.973. The zero-order valence-electron chi connectivity index (χ0n) is 5.26. The third-order valence-electron chi connectivity index (χ3n) is 0.977. The second-order valence-corrected chi connectivity index (χ2v) is 1.62. The Balaban J connectivity index is 2.54. The highest BCUT2D eigenvalue weighted by molar-refractivity contribution is 5.06. The lowest BCUT2D eigenvalue weighted by atomic mass is 10.3. The van der Waals surface area contributed by atoms with E-state index in [9.17, 15) is 0 Å². The van der Waals surface area contributed by atoms with Gasteiger partial charge in [0, 0.05) is 6.20 Å². The molecule has 0 saturated carbocycles. The molecule has 1 heterocycles. The first-order chi connectivity index (χ1) is 4.43. The fourth-order valence-corrected chi connectivity index (χ4v) is 0.549. The first-order valence-corrected chi connectivity index (χ1v) is 2.74. The Morgan fingerprint density at radius 1 is 1.89 bits per heavy atom. The summed E-state index contributed by atoms with van der Waals surface area (Å²) in [7, 11) is 1.70. The van der Waals surface area contributed by atoms with E-state index in [4.69, 9.17) is 0 Å². The minimum absolute atomic E-state index is 0.694. The van der Waals surface area contributed by atoms with Gasteiger partial charge in [0.2, 0.25) is 0 Å². The molecule has 0 spiro atoms. The normalized spacial score (nSPS) is 8.11. The average Bonchev–Trinajstić information content (AvgIpc) is 2.34. The van der Waals surface area contributed by atoms with Gasteiger partial charge in [0.1, 0.15) is 6.42 Å². The summed E-state index contributed by atoms with van der Waals surface area (Å²) < 4.78 is 0. The first kappa shape index (κ1) is 5.83. The van der Waals surface area contributed by atoms with Gasteiger partial charge in [-0.15, -0.1) is 0 Å². The van der Waals surface area contributed by atoms with E-state index in [0.29, 0.717) is 6.42 Å². The van der Waals surface area contributed by atoms with Crippen molar-refractivity contribution in [3.8, 4) is 6.07 Å². The van der Waals surface area contributed by atoms with E-state index >= 15 is 0 Å². The van der Waals surface area contributed by atoms with Crippen LogP contribution < -0.4 is 0 Å². The fraction of sp³-hybridized carbons (Fsp3) is 0.333. The molecule has 46 valence electrons. The molecule has 1 aromatic heterocycles. The number of H-pyrrole nitrogens is 1. The van der Waals surface area contributed by atoms with Gasteiger partial charge in [-0.3, -0.25) is 5.10 Å². The van der Waals surface area contributed by atoms with E-state index in [1.54, 1.807) is 13.2 Å². The summed E-state index contributed by atoms with van der Waals surface area (Å²) in [6.07, 6.45) is 2.48. The van der Waals surface area contributed by atoms with Crippen LogP contribution in [0.4, 0.5) is 0 Å². The molecule has 1 N–H and O–H groups in total. The van der Waals surface area contributed by atoms with Crippen molar-refractivity contribution in [2.45, 2.75) is 6.42 Å². The van der Waals surface area contributed by atoms with Crippen LogP contribution in [0.3, 0.4) is 0 Å². The monoisotopic (exact) mass is 122 g/mol. The quantitative estimate of drug-likeness (QED) is 0.590. The Labute approximate surface area is 53.5 Å². The van der Waals surface area contributed by atoms with Crippen molar-refractivity contribution in [2.75, 3.05) is 7.05 Å². The highest BCUT2D eigenvalue weighted by Crippen LogP contribution is 1.90. The number of nitrogens with zero attached hydrogens (tertiary/aromatic N) is 2. The minimum Gasteiger partial charge on any atom is -0.285 e. The molecular weight excluding hydrogens is 114 g/mol. The lowest BCUT2D eigenvalue weighted by Gasteiger charge is -1.72. The predicted octanol–water partition coefficient (Wildman–Crippen LogP) is 0.915. The Bertz CT molecular complexity index is 214. The predicted molar refractivity (Wildman–Crippen MR) is 35.5 cm³/mol. The number of aromatic nitrogens is 2. The Hall–Kier alpha value is -1.30. The summed E-state index contributed by atoms with van der Waals surface area (Å²) in [6.45, 7) is 0. The van der Waals surface area contributed by atoms with E-state index in [0.717, 1.165) is 5.69 Å². The molecule has 0 aromatic carbocycles. The van der Waals surface area contributed by atoms with Crippen molar-refractivity contribution in [3.63, 3.8) is 0 Å². The van der Waals surface area contributed by atoms with Crippen LogP contribution in [0.1, 0.15) is 5.69 Å². The molecule has 0 saturated heterocycles. The molecular formula is C6H8N3+. The smallest absolute Gasteiger partial charge is 0.279 e. The van der Waals surface area contributed by atoms with E-state index in [2.05, 4.69) is 21.1 Å². The molecule has 0 aliphatic heterocycles. The van der Waals surface area contributed by atoms with Crippen LogP contribution >= 0.6 is 0 Å². The molecule has 1 rings (SSSR count). The number of nitrogens with one attached hydrogen (secondary N) is 1. The summed E-state index contributed by atoms with van der Waals surface area (Å²) in [5, 5.41) is 6.61. The van der Waals surface area contributed by atoms with Crippen LogP contribution in [0.15, 0.2) is 12.3 Å². The molecule has 0 aliphatic carbocycles. The lowest BCUT2D eigenvalue weighted by Crippen LogP contribution is -1.79. The van der Waals surface area contributed by atoms with Crippen molar-refractivity contribution in [2.24, 2.45) is 0 Å². The van der Waals surface area contributed by atoms with Gasteiger partial charge in [-0.05, 0) is 6.07 Å². The lowest BCUT2D eigenvalue weighted by molar-refractivity contribution is 1.02. The van der Waals surface area contributed by atoms with Gasteiger partial charge in [0.05, 0.1) is 5.69 Å². The molecule has 3 nitrogen and oxygen atoms in total. The minimum atomic E-state index is 0.694. The third-order valence-corrected chi connectivity index (χ3v) is 0.977. The van der Waals surface area contributed by atoms with E-state index < -0.39 is 0 Å². The molecule has 0 aliphatic rings. The SMILES string of the molecule is C[N+]#CCc1cc[nH]n1. The Morgan fingerprint density at radius 2 is 2.78 bits per heavy atom.